The molecule has 6 nitrogen and oxygen atoms in total. The van der Waals surface area contributed by atoms with E-state index in [0.29, 0.717) is 25.9 Å². The van der Waals surface area contributed by atoms with Crippen LogP contribution in [-0.2, 0) is 14.3 Å². The fourth-order valence-corrected chi connectivity index (χ4v) is 8.32. The molecule has 0 heterocycles. The van der Waals surface area contributed by atoms with Gasteiger partial charge in [0.15, 0.2) is 0 Å². The zero-order valence-electron chi connectivity index (χ0n) is 40.9. The summed E-state index contributed by atoms with van der Waals surface area (Å²) in [6.45, 7) is 4.90. The predicted octanol–water partition coefficient (Wildman–Crippen LogP) is 16.3. The Kier molecular flexibility index (Phi) is 49.6. The molecule has 0 aliphatic carbocycles. The van der Waals surface area contributed by atoms with Crippen molar-refractivity contribution in [3.05, 3.63) is 24.3 Å². The first-order valence-corrected chi connectivity index (χ1v) is 27.1. The highest BCUT2D eigenvalue weighted by Crippen LogP contribution is 2.16. The molecule has 6 heteroatoms. The third kappa shape index (κ3) is 47.7. The van der Waals surface area contributed by atoms with Crippen molar-refractivity contribution >= 4 is 11.9 Å². The van der Waals surface area contributed by atoms with Gasteiger partial charge in [-0.25, -0.2) is 0 Å². The maximum absolute atomic E-state index is 12.4. The Morgan fingerprint density at radius 1 is 0.459 bits per heavy atom. The van der Waals surface area contributed by atoms with Gasteiger partial charge >= 0.3 is 5.97 Å². The van der Waals surface area contributed by atoms with Crippen molar-refractivity contribution in [1.82, 2.24) is 5.32 Å². The molecule has 360 valence electrons. The summed E-state index contributed by atoms with van der Waals surface area (Å²) in [5, 5.41) is 23.1. The first-order valence-electron chi connectivity index (χ1n) is 27.1. The van der Waals surface area contributed by atoms with E-state index in [1.54, 1.807) is 0 Å². The molecule has 0 aliphatic rings. The van der Waals surface area contributed by atoms with E-state index in [1.807, 2.05) is 0 Å². The largest absolute Gasteiger partial charge is 0.466 e. The van der Waals surface area contributed by atoms with Gasteiger partial charge in [0.05, 0.1) is 25.4 Å². The van der Waals surface area contributed by atoms with E-state index in [4.69, 9.17) is 4.74 Å². The van der Waals surface area contributed by atoms with Crippen LogP contribution in [0.2, 0.25) is 0 Å². The molecular formula is C55H105NO5. The van der Waals surface area contributed by atoms with Gasteiger partial charge in [0, 0.05) is 12.8 Å². The lowest BCUT2D eigenvalue weighted by molar-refractivity contribution is -0.143. The molecule has 3 N–H and O–H groups in total. The van der Waals surface area contributed by atoms with Crippen LogP contribution in [0.3, 0.4) is 0 Å². The molecule has 0 aromatic carbocycles. The number of esters is 1. The normalized spacial score (nSPS) is 12.8. The molecule has 2 unspecified atom stereocenters. The lowest BCUT2D eigenvalue weighted by atomic mass is 10.0. The number of ether oxygens (including phenoxy) is 1. The van der Waals surface area contributed by atoms with Crippen LogP contribution in [0.25, 0.3) is 0 Å². The van der Waals surface area contributed by atoms with E-state index in [2.05, 4.69) is 43.5 Å². The van der Waals surface area contributed by atoms with Crippen LogP contribution < -0.4 is 5.32 Å². The molecule has 0 aromatic rings. The van der Waals surface area contributed by atoms with Crippen molar-refractivity contribution in [2.75, 3.05) is 13.2 Å². The van der Waals surface area contributed by atoms with Gasteiger partial charge in [-0.05, 0) is 57.8 Å². The van der Waals surface area contributed by atoms with E-state index in [-0.39, 0.29) is 18.5 Å². The van der Waals surface area contributed by atoms with Gasteiger partial charge < -0.3 is 20.3 Å². The fourth-order valence-electron chi connectivity index (χ4n) is 8.32. The highest BCUT2D eigenvalue weighted by Gasteiger charge is 2.20. The highest BCUT2D eigenvalue weighted by atomic mass is 16.5. The molecule has 1 amide bonds. The summed E-state index contributed by atoms with van der Waals surface area (Å²) in [4.78, 5) is 24.5. The van der Waals surface area contributed by atoms with Crippen molar-refractivity contribution in [2.45, 2.75) is 302 Å². The van der Waals surface area contributed by atoms with Gasteiger partial charge in [-0.1, -0.05) is 244 Å². The van der Waals surface area contributed by atoms with Gasteiger partial charge in [0.25, 0.3) is 0 Å². The van der Waals surface area contributed by atoms with Crippen molar-refractivity contribution in [2.24, 2.45) is 0 Å². The van der Waals surface area contributed by atoms with Crippen molar-refractivity contribution in [3.8, 4) is 0 Å². The third-order valence-corrected chi connectivity index (χ3v) is 12.5. The molecule has 0 bridgehead atoms. The van der Waals surface area contributed by atoms with Gasteiger partial charge in [0.1, 0.15) is 0 Å². The number of aliphatic hydroxyl groups is 2. The van der Waals surface area contributed by atoms with Crippen LogP contribution in [0, 0.1) is 0 Å². The molecular weight excluding hydrogens is 755 g/mol. The lowest BCUT2D eigenvalue weighted by Crippen LogP contribution is -2.45. The number of allylic oxidation sites excluding steroid dienone is 4. The van der Waals surface area contributed by atoms with Gasteiger partial charge in [-0.2, -0.15) is 0 Å². The predicted molar refractivity (Wildman–Crippen MR) is 264 cm³/mol. The van der Waals surface area contributed by atoms with E-state index in [0.717, 1.165) is 51.4 Å². The summed E-state index contributed by atoms with van der Waals surface area (Å²) < 4.78 is 5.48. The summed E-state index contributed by atoms with van der Waals surface area (Å²) >= 11 is 0. The number of carbonyl (C=O) groups excluding carboxylic acids is 2. The Hall–Kier alpha value is -1.66. The number of amides is 1. The quantitative estimate of drug-likeness (QED) is 0.0322. The number of rotatable bonds is 50. The number of aliphatic hydroxyl groups excluding tert-OH is 2. The van der Waals surface area contributed by atoms with Crippen molar-refractivity contribution in [3.63, 3.8) is 0 Å². The number of unbranched alkanes of at least 4 members (excludes halogenated alkanes) is 35. The van der Waals surface area contributed by atoms with Gasteiger partial charge in [0.2, 0.25) is 5.91 Å². The second-order valence-corrected chi connectivity index (χ2v) is 18.6. The topological polar surface area (TPSA) is 95.9 Å². The second kappa shape index (κ2) is 51.0. The zero-order chi connectivity index (χ0) is 44.4. The zero-order valence-corrected chi connectivity index (χ0v) is 40.9. The van der Waals surface area contributed by atoms with Crippen LogP contribution in [0.5, 0.6) is 0 Å². The molecule has 0 fully saturated rings. The van der Waals surface area contributed by atoms with Crippen molar-refractivity contribution in [1.29, 1.82) is 0 Å². The summed E-state index contributed by atoms with van der Waals surface area (Å²) in [5.41, 5.74) is 0. The van der Waals surface area contributed by atoms with Crippen molar-refractivity contribution < 1.29 is 24.5 Å². The molecule has 0 radical (unpaired) electrons. The molecule has 0 saturated carbocycles. The fraction of sp³-hybridized carbons (Fsp3) is 0.891. The average Bonchev–Trinajstić information content (AvgIpc) is 3.26. The van der Waals surface area contributed by atoms with Crippen LogP contribution in [0.4, 0.5) is 0 Å². The summed E-state index contributed by atoms with van der Waals surface area (Å²) in [6, 6.07) is -0.543. The Morgan fingerprint density at radius 2 is 0.820 bits per heavy atom. The Labute approximate surface area is 380 Å². The average molecular weight is 860 g/mol. The van der Waals surface area contributed by atoms with Crippen LogP contribution >= 0.6 is 0 Å². The lowest BCUT2D eigenvalue weighted by Gasteiger charge is -2.22. The summed E-state index contributed by atoms with van der Waals surface area (Å²) in [6.07, 6.45) is 60.2. The summed E-state index contributed by atoms with van der Waals surface area (Å²) in [7, 11) is 0. The smallest absolute Gasteiger partial charge is 0.305 e. The number of hydrogen-bond donors (Lipinski definition) is 3. The Morgan fingerprint density at radius 3 is 1.26 bits per heavy atom. The van der Waals surface area contributed by atoms with Crippen LogP contribution in [0.1, 0.15) is 290 Å². The summed E-state index contributed by atoms with van der Waals surface area (Å²) in [5.74, 6) is -0.0451. The standard InChI is InChI=1S/C55H105NO5/c1-3-5-7-9-11-13-14-15-16-17-20-23-26-29-33-37-41-45-49-55(60)61-50-46-42-38-34-30-27-24-21-18-19-22-25-28-32-36-40-44-48-54(59)56-52(51-57)53(58)47-43-39-35-31-12-10-8-6-4-2/h13-14,16-17,52-53,57-58H,3-12,15,18-51H2,1-2H3,(H,56,59)/b14-13-,17-16-. The van der Waals surface area contributed by atoms with E-state index in [9.17, 15) is 19.8 Å². The molecule has 0 spiro atoms. The molecule has 0 rings (SSSR count). The molecule has 61 heavy (non-hydrogen) atoms. The first kappa shape index (κ1) is 59.3. The Bertz CT molecular complexity index is 951. The number of hydrogen-bond acceptors (Lipinski definition) is 5. The van der Waals surface area contributed by atoms with Gasteiger partial charge in [-0.15, -0.1) is 0 Å². The third-order valence-electron chi connectivity index (χ3n) is 12.5. The molecule has 0 saturated heterocycles. The van der Waals surface area contributed by atoms with E-state index < -0.39 is 12.1 Å². The SMILES string of the molecule is CCCCCC/C=C\C/C=C\CCCCCCCCCC(=O)OCCCCCCCCCCCCCCCCCCCC(=O)NC(CO)C(O)CCCCCCCCCCC. The monoisotopic (exact) mass is 860 g/mol. The van der Waals surface area contributed by atoms with Crippen LogP contribution in [0.15, 0.2) is 24.3 Å². The minimum absolute atomic E-state index is 0.00222. The Balaban J connectivity index is 3.38. The second-order valence-electron chi connectivity index (χ2n) is 18.6. The molecule has 2 atom stereocenters. The van der Waals surface area contributed by atoms with Gasteiger partial charge in [-0.3, -0.25) is 9.59 Å². The minimum Gasteiger partial charge on any atom is -0.466 e. The van der Waals surface area contributed by atoms with Crippen LogP contribution in [-0.4, -0.2) is 47.4 Å². The maximum Gasteiger partial charge on any atom is 0.305 e. The minimum atomic E-state index is -0.665. The number of carbonyl (C=O) groups is 2. The molecule has 0 aliphatic heterocycles. The maximum atomic E-state index is 12.4. The molecule has 0 aromatic heterocycles. The first-order chi connectivity index (χ1) is 30.0. The number of nitrogens with one attached hydrogen (secondary N) is 1. The highest BCUT2D eigenvalue weighted by molar-refractivity contribution is 5.76. The van der Waals surface area contributed by atoms with E-state index >= 15 is 0 Å². The van der Waals surface area contributed by atoms with E-state index in [1.165, 1.54) is 205 Å².